The van der Waals surface area contributed by atoms with Gasteiger partial charge in [-0.15, -0.1) is 0 Å². The van der Waals surface area contributed by atoms with Crippen LogP contribution in [0.25, 0.3) is 5.57 Å². The van der Waals surface area contributed by atoms with Crippen LogP contribution in [0.15, 0.2) is 121 Å². The van der Waals surface area contributed by atoms with Crippen molar-refractivity contribution in [3.05, 3.63) is 127 Å². The maximum Gasteiger partial charge on any atom is 0.179 e. The lowest BCUT2D eigenvalue weighted by Crippen LogP contribution is -2.74. The van der Waals surface area contributed by atoms with Crippen LogP contribution in [0.1, 0.15) is 5.56 Å². The Morgan fingerprint density at radius 3 is 1.43 bits per heavy atom. The number of hydrogen-bond acceptors (Lipinski definition) is 2. The molecule has 3 heteroatoms. The summed E-state index contributed by atoms with van der Waals surface area (Å²) in [7, 11) is -2.55. The van der Waals surface area contributed by atoms with E-state index in [0.29, 0.717) is 5.57 Å². The molecule has 0 saturated heterocycles. The largest absolute Gasteiger partial charge is 0.404 e. The number of rotatable bonds is 6. The molecule has 0 spiro atoms. The molecule has 0 unspecified atom stereocenters. The predicted molar refractivity (Wildman–Crippen MR) is 131 cm³/mol. The first-order chi connectivity index (χ1) is 14.8. The molecule has 0 saturated carbocycles. The Morgan fingerprint density at radius 2 is 1.03 bits per heavy atom. The third-order valence-electron chi connectivity index (χ3n) is 5.58. The van der Waals surface area contributed by atoms with E-state index in [4.69, 9.17) is 11.1 Å². The molecule has 4 rings (SSSR count). The van der Waals surface area contributed by atoms with Crippen LogP contribution < -0.4 is 26.5 Å². The van der Waals surface area contributed by atoms with E-state index >= 15 is 0 Å². The van der Waals surface area contributed by atoms with Crippen LogP contribution in [0.3, 0.4) is 0 Å². The van der Waals surface area contributed by atoms with Crippen LogP contribution >= 0.6 is 0 Å². The molecule has 4 aromatic carbocycles. The summed E-state index contributed by atoms with van der Waals surface area (Å²) in [5.74, 6) is 0. The molecular formula is C27H24N2Si. The van der Waals surface area contributed by atoms with Crippen LogP contribution in [0.5, 0.6) is 0 Å². The SMILES string of the molecule is N=CC(=CN)c1cccc([Si](c2ccccc2)(c2ccccc2)c2ccccc2)c1. The van der Waals surface area contributed by atoms with Crippen molar-refractivity contribution in [1.29, 1.82) is 5.41 Å². The molecule has 0 bridgehead atoms. The van der Waals surface area contributed by atoms with Crippen molar-refractivity contribution in [3.8, 4) is 0 Å². The van der Waals surface area contributed by atoms with Gasteiger partial charge in [-0.3, -0.25) is 0 Å². The van der Waals surface area contributed by atoms with E-state index in [0.717, 1.165) is 5.56 Å². The summed E-state index contributed by atoms with van der Waals surface area (Å²) in [6, 6.07) is 40.9. The summed E-state index contributed by atoms with van der Waals surface area (Å²) in [5, 5.41) is 13.0. The maximum absolute atomic E-state index is 7.75. The zero-order chi connectivity index (χ0) is 20.8. The zero-order valence-corrected chi connectivity index (χ0v) is 17.7. The molecule has 0 aliphatic rings. The Labute approximate surface area is 178 Å². The highest BCUT2D eigenvalue weighted by Crippen LogP contribution is 2.14. The van der Waals surface area contributed by atoms with Gasteiger partial charge < -0.3 is 11.1 Å². The van der Waals surface area contributed by atoms with Gasteiger partial charge in [-0.1, -0.05) is 115 Å². The maximum atomic E-state index is 7.75. The molecule has 0 aromatic heterocycles. The second-order valence-corrected chi connectivity index (χ2v) is 11.0. The van der Waals surface area contributed by atoms with Crippen LogP contribution in [0.4, 0.5) is 0 Å². The van der Waals surface area contributed by atoms with Gasteiger partial charge in [0.2, 0.25) is 0 Å². The second kappa shape index (κ2) is 8.76. The molecule has 146 valence electrons. The van der Waals surface area contributed by atoms with Gasteiger partial charge in [0.15, 0.2) is 8.07 Å². The van der Waals surface area contributed by atoms with Crippen LogP contribution in [0, 0.1) is 5.41 Å². The minimum Gasteiger partial charge on any atom is -0.404 e. The van der Waals surface area contributed by atoms with Crippen molar-refractivity contribution in [1.82, 2.24) is 0 Å². The Balaban J connectivity index is 2.12. The van der Waals surface area contributed by atoms with Crippen LogP contribution in [0.2, 0.25) is 0 Å². The molecule has 4 aromatic rings. The van der Waals surface area contributed by atoms with E-state index in [9.17, 15) is 0 Å². The number of nitrogens with one attached hydrogen (secondary N) is 1. The lowest BCUT2D eigenvalue weighted by Gasteiger charge is -2.34. The van der Waals surface area contributed by atoms with E-state index in [2.05, 4.69) is 109 Å². The van der Waals surface area contributed by atoms with Crippen molar-refractivity contribution in [3.63, 3.8) is 0 Å². The highest BCUT2D eigenvalue weighted by atomic mass is 28.3. The normalized spacial score (nSPS) is 11.8. The smallest absolute Gasteiger partial charge is 0.179 e. The Bertz CT molecular complexity index is 1060. The number of hydrogen-bond donors (Lipinski definition) is 2. The molecule has 0 fully saturated rings. The standard InChI is InChI=1S/C27H24N2Si/c28-20-23(21-29)22-11-10-18-27(19-22)30(24-12-4-1-5-13-24,25-14-6-2-7-15-25)26-16-8-3-9-17-26/h1-21,28H,29H2. The average molecular weight is 405 g/mol. The fraction of sp³-hybridized carbons (Fsp3) is 0. The van der Waals surface area contributed by atoms with E-state index in [1.54, 1.807) is 0 Å². The Kier molecular flexibility index (Phi) is 5.73. The lowest BCUT2D eigenvalue weighted by molar-refractivity contribution is 1.54. The quantitative estimate of drug-likeness (QED) is 0.290. The first kappa shape index (κ1) is 19.6. The molecule has 0 radical (unpaired) electrons. The molecule has 0 aliphatic carbocycles. The van der Waals surface area contributed by atoms with E-state index < -0.39 is 8.07 Å². The van der Waals surface area contributed by atoms with Crippen molar-refractivity contribution < 1.29 is 0 Å². The molecule has 2 nitrogen and oxygen atoms in total. The highest BCUT2D eigenvalue weighted by molar-refractivity contribution is 7.19. The first-order valence-electron chi connectivity index (χ1n) is 10.0. The number of nitrogens with two attached hydrogens (primary N) is 1. The van der Waals surface area contributed by atoms with Crippen molar-refractivity contribution in [2.45, 2.75) is 0 Å². The third kappa shape index (κ3) is 3.40. The van der Waals surface area contributed by atoms with Crippen molar-refractivity contribution >= 4 is 40.6 Å². The lowest BCUT2D eigenvalue weighted by atomic mass is 10.1. The topological polar surface area (TPSA) is 49.9 Å². The molecular weight excluding hydrogens is 380 g/mol. The summed E-state index contributed by atoms with van der Waals surface area (Å²) in [6.07, 6.45) is 2.82. The summed E-state index contributed by atoms with van der Waals surface area (Å²) in [4.78, 5) is 0. The Morgan fingerprint density at radius 1 is 0.600 bits per heavy atom. The predicted octanol–water partition coefficient (Wildman–Crippen LogP) is 3.01. The molecule has 0 heterocycles. The van der Waals surface area contributed by atoms with Crippen molar-refractivity contribution in [2.24, 2.45) is 5.73 Å². The van der Waals surface area contributed by atoms with Gasteiger partial charge in [0.1, 0.15) is 0 Å². The van der Waals surface area contributed by atoms with Gasteiger partial charge in [0.05, 0.1) is 0 Å². The van der Waals surface area contributed by atoms with Gasteiger partial charge in [-0.05, 0) is 26.3 Å². The monoisotopic (exact) mass is 404 g/mol. The van der Waals surface area contributed by atoms with Crippen LogP contribution in [-0.4, -0.2) is 14.3 Å². The second-order valence-electron chi connectivity index (χ2n) is 7.20. The van der Waals surface area contributed by atoms with Gasteiger partial charge in [-0.25, -0.2) is 0 Å². The van der Waals surface area contributed by atoms with Gasteiger partial charge in [0.25, 0.3) is 0 Å². The first-order valence-corrected chi connectivity index (χ1v) is 12.0. The fourth-order valence-electron chi connectivity index (χ4n) is 4.22. The molecule has 0 amide bonds. The average Bonchev–Trinajstić information content (AvgIpc) is 2.83. The molecule has 3 N–H and O–H groups in total. The van der Waals surface area contributed by atoms with Gasteiger partial charge >= 0.3 is 0 Å². The zero-order valence-electron chi connectivity index (χ0n) is 16.7. The summed E-state index contributed by atoms with van der Waals surface area (Å²) in [6.45, 7) is 0. The van der Waals surface area contributed by atoms with Gasteiger partial charge in [-0.2, -0.15) is 0 Å². The Hall–Kier alpha value is -3.69. The van der Waals surface area contributed by atoms with E-state index in [-0.39, 0.29) is 0 Å². The number of allylic oxidation sites excluding steroid dienone is 1. The van der Waals surface area contributed by atoms with Gasteiger partial charge in [0, 0.05) is 18.0 Å². The van der Waals surface area contributed by atoms with E-state index in [1.165, 1.54) is 33.2 Å². The van der Waals surface area contributed by atoms with Crippen LogP contribution in [-0.2, 0) is 0 Å². The minimum atomic E-state index is -2.55. The summed E-state index contributed by atoms with van der Waals surface area (Å²) >= 11 is 0. The molecule has 0 aliphatic heterocycles. The fourth-order valence-corrected chi connectivity index (χ4v) is 9.02. The molecule has 30 heavy (non-hydrogen) atoms. The third-order valence-corrected chi connectivity index (χ3v) is 10.4. The van der Waals surface area contributed by atoms with E-state index in [1.807, 2.05) is 6.07 Å². The molecule has 0 atom stereocenters. The van der Waals surface area contributed by atoms with Crippen molar-refractivity contribution in [2.75, 3.05) is 0 Å². The summed E-state index contributed by atoms with van der Waals surface area (Å²) < 4.78 is 0. The number of benzene rings is 4. The minimum absolute atomic E-state index is 0.717. The highest BCUT2D eigenvalue weighted by Gasteiger charge is 2.41. The summed E-state index contributed by atoms with van der Waals surface area (Å²) in [5.41, 5.74) is 7.49.